The second kappa shape index (κ2) is 11.9. The van der Waals surface area contributed by atoms with Crippen LogP contribution in [0.3, 0.4) is 0 Å². The number of carbonyl (C=O) groups excluding carboxylic acids is 1. The summed E-state index contributed by atoms with van der Waals surface area (Å²) >= 11 is 0. The summed E-state index contributed by atoms with van der Waals surface area (Å²) < 4.78 is 80.5. The summed E-state index contributed by atoms with van der Waals surface area (Å²) in [5.74, 6) is 0. The van der Waals surface area contributed by atoms with Crippen LogP contribution in [0.25, 0.3) is 32.7 Å². The van der Waals surface area contributed by atoms with Crippen molar-refractivity contribution in [2.75, 3.05) is 5.32 Å². The number of rotatable bonds is 3. The van der Waals surface area contributed by atoms with Crippen molar-refractivity contribution < 1.29 is 31.1 Å². The third-order valence-electron chi connectivity index (χ3n) is 9.39. The summed E-state index contributed by atoms with van der Waals surface area (Å²) in [4.78, 5) is 15.5. The number of fused-ring (bicyclic) bond motifs is 7. The molecule has 1 heterocycles. The summed E-state index contributed by atoms with van der Waals surface area (Å²) in [6.45, 7) is 1.21. The monoisotopic (exact) mass is 647 g/mol. The van der Waals surface area contributed by atoms with Crippen molar-refractivity contribution in [2.24, 2.45) is 0 Å². The van der Waals surface area contributed by atoms with Crippen LogP contribution in [-0.4, -0.2) is 23.0 Å². The summed E-state index contributed by atoms with van der Waals surface area (Å²) in [6.07, 6.45) is -6.87. The summed E-state index contributed by atoms with van der Waals surface area (Å²) in [7, 11) is 0. The minimum atomic E-state index is -5.02. The van der Waals surface area contributed by atoms with E-state index < -0.39 is 35.2 Å². The van der Waals surface area contributed by atoms with Gasteiger partial charge in [-0.25, -0.2) is 4.79 Å². The van der Waals surface area contributed by atoms with Gasteiger partial charge in [0.15, 0.2) is 0 Å². The zero-order valence-corrected chi connectivity index (χ0v) is 25.2. The van der Waals surface area contributed by atoms with Crippen LogP contribution in [0.2, 0.25) is 0 Å². The molecule has 0 radical (unpaired) electrons. The van der Waals surface area contributed by atoms with Crippen molar-refractivity contribution in [1.82, 2.24) is 10.2 Å². The van der Waals surface area contributed by atoms with Crippen molar-refractivity contribution in [2.45, 2.75) is 63.2 Å². The average molecular weight is 648 g/mol. The molecular formula is C37H31F6N3O. The average Bonchev–Trinajstić information content (AvgIpc) is 3.21. The fourth-order valence-corrected chi connectivity index (χ4v) is 7.29. The first kappa shape index (κ1) is 31.1. The third kappa shape index (κ3) is 6.14. The molecule has 0 spiro atoms. The molecule has 2 atom stereocenters. The smallest absolute Gasteiger partial charge is 0.334 e. The SMILES string of the molecule is O=C(Nc1cc(C(F)(F)F)cc(C(F)(F)F)c1)N[C@H]1CCCC[C@@H]1N1Cc2ccc3ccccc3c2-c2c(ccc3ccccc23)C1. The van der Waals surface area contributed by atoms with E-state index in [2.05, 4.69) is 64.1 Å². The highest BCUT2D eigenvalue weighted by Crippen LogP contribution is 2.43. The highest BCUT2D eigenvalue weighted by atomic mass is 19.4. The second-order valence-corrected chi connectivity index (χ2v) is 12.4. The van der Waals surface area contributed by atoms with Gasteiger partial charge in [0.05, 0.1) is 11.1 Å². The highest BCUT2D eigenvalue weighted by Gasteiger charge is 2.38. The Morgan fingerprint density at radius 1 is 0.660 bits per heavy atom. The van der Waals surface area contributed by atoms with Crippen molar-refractivity contribution >= 4 is 33.3 Å². The van der Waals surface area contributed by atoms with Crippen LogP contribution in [0.5, 0.6) is 0 Å². The molecule has 2 N–H and O–H groups in total. The Bertz CT molecular complexity index is 1870. The van der Waals surface area contributed by atoms with Crippen LogP contribution < -0.4 is 10.6 Å². The lowest BCUT2D eigenvalue weighted by molar-refractivity contribution is -0.143. The van der Waals surface area contributed by atoms with Crippen molar-refractivity contribution in [3.63, 3.8) is 0 Å². The molecule has 5 aromatic carbocycles. The van der Waals surface area contributed by atoms with E-state index in [0.29, 0.717) is 31.6 Å². The molecule has 4 nitrogen and oxygen atoms in total. The minimum absolute atomic E-state index is 0.0433. The number of amides is 2. The number of hydrogen-bond donors (Lipinski definition) is 2. The molecular weight excluding hydrogens is 616 g/mol. The van der Waals surface area contributed by atoms with Crippen molar-refractivity contribution in [3.05, 3.63) is 113 Å². The predicted octanol–water partition coefficient (Wildman–Crippen LogP) is 10.1. The van der Waals surface area contributed by atoms with Crippen LogP contribution in [0.1, 0.15) is 47.9 Å². The molecule has 7 rings (SSSR count). The van der Waals surface area contributed by atoms with Gasteiger partial charge < -0.3 is 10.6 Å². The Labute approximate surface area is 267 Å². The summed E-state index contributed by atoms with van der Waals surface area (Å²) in [6, 6.07) is 24.9. The molecule has 0 aromatic heterocycles. The molecule has 10 heteroatoms. The first-order valence-corrected chi connectivity index (χ1v) is 15.6. The normalized spacial score (nSPS) is 18.8. The van der Waals surface area contributed by atoms with E-state index in [1.807, 2.05) is 24.3 Å². The second-order valence-electron chi connectivity index (χ2n) is 12.4. The lowest BCUT2D eigenvalue weighted by Crippen LogP contribution is -2.53. The maximum atomic E-state index is 13.4. The van der Waals surface area contributed by atoms with Gasteiger partial charge in [0, 0.05) is 30.9 Å². The maximum absolute atomic E-state index is 13.4. The number of alkyl halides is 6. The zero-order chi connectivity index (χ0) is 32.9. The molecule has 242 valence electrons. The quantitative estimate of drug-likeness (QED) is 0.192. The van der Waals surface area contributed by atoms with E-state index in [1.54, 1.807) is 0 Å². The topological polar surface area (TPSA) is 44.4 Å². The van der Waals surface area contributed by atoms with Gasteiger partial charge in [0.2, 0.25) is 0 Å². The number of carbonyl (C=O) groups is 1. The molecule has 5 aromatic rings. The number of hydrogen-bond acceptors (Lipinski definition) is 2. The van der Waals surface area contributed by atoms with Crippen LogP contribution >= 0.6 is 0 Å². The Morgan fingerprint density at radius 2 is 1.17 bits per heavy atom. The van der Waals surface area contributed by atoms with E-state index in [4.69, 9.17) is 0 Å². The zero-order valence-electron chi connectivity index (χ0n) is 25.2. The van der Waals surface area contributed by atoms with E-state index in [9.17, 15) is 31.1 Å². The Morgan fingerprint density at radius 3 is 1.70 bits per heavy atom. The summed E-state index contributed by atoms with van der Waals surface area (Å²) in [5.41, 5.74) is 1.11. The number of halogens is 6. The Hall–Kier alpha value is -4.57. The highest BCUT2D eigenvalue weighted by molar-refractivity contribution is 6.08. The molecule has 1 saturated carbocycles. The van der Waals surface area contributed by atoms with E-state index >= 15 is 0 Å². The van der Waals surface area contributed by atoms with Crippen molar-refractivity contribution in [3.8, 4) is 11.1 Å². The molecule has 2 aliphatic rings. The maximum Gasteiger partial charge on any atom is 0.416 e. The molecule has 1 fully saturated rings. The predicted molar refractivity (Wildman–Crippen MR) is 171 cm³/mol. The number of urea groups is 1. The Balaban J connectivity index is 1.22. The number of nitrogens with zero attached hydrogens (tertiary/aromatic N) is 1. The van der Waals surface area contributed by atoms with Gasteiger partial charge in [-0.3, -0.25) is 4.90 Å². The lowest BCUT2D eigenvalue weighted by atomic mass is 9.88. The lowest BCUT2D eigenvalue weighted by Gasteiger charge is -2.40. The number of benzene rings is 5. The molecule has 2 amide bonds. The fourth-order valence-electron chi connectivity index (χ4n) is 7.29. The minimum Gasteiger partial charge on any atom is -0.334 e. The van der Waals surface area contributed by atoms with Gasteiger partial charge in [0.25, 0.3) is 0 Å². The molecule has 1 aliphatic carbocycles. The molecule has 0 unspecified atom stereocenters. The van der Waals surface area contributed by atoms with Gasteiger partial charge in [0.1, 0.15) is 0 Å². The Kier molecular flexibility index (Phi) is 7.86. The third-order valence-corrected chi connectivity index (χ3v) is 9.39. The van der Waals surface area contributed by atoms with E-state index in [1.165, 1.54) is 11.1 Å². The first-order chi connectivity index (χ1) is 22.5. The largest absolute Gasteiger partial charge is 0.416 e. The first-order valence-electron chi connectivity index (χ1n) is 15.6. The molecule has 47 heavy (non-hydrogen) atoms. The molecule has 0 bridgehead atoms. The van der Waals surface area contributed by atoms with E-state index in [0.717, 1.165) is 51.9 Å². The van der Waals surface area contributed by atoms with Gasteiger partial charge in [-0.1, -0.05) is 85.6 Å². The van der Waals surface area contributed by atoms with Gasteiger partial charge >= 0.3 is 18.4 Å². The van der Waals surface area contributed by atoms with Gasteiger partial charge in [-0.2, -0.15) is 26.3 Å². The number of nitrogens with one attached hydrogen (secondary N) is 2. The van der Waals surface area contributed by atoms with Crippen LogP contribution in [0, 0.1) is 0 Å². The summed E-state index contributed by atoms with van der Waals surface area (Å²) in [5, 5.41) is 9.74. The van der Waals surface area contributed by atoms with Gasteiger partial charge in [-0.05, 0) is 74.8 Å². The molecule has 1 aliphatic heterocycles. The van der Waals surface area contributed by atoms with Crippen LogP contribution in [0.4, 0.5) is 36.8 Å². The van der Waals surface area contributed by atoms with Crippen LogP contribution in [-0.2, 0) is 25.4 Å². The fraction of sp³-hybridized carbons (Fsp3) is 0.270. The number of anilines is 1. The molecule has 0 saturated heterocycles. The van der Waals surface area contributed by atoms with E-state index in [-0.39, 0.29) is 18.2 Å². The van der Waals surface area contributed by atoms with Crippen molar-refractivity contribution in [1.29, 1.82) is 0 Å². The standard InChI is InChI=1S/C37H31F6N3O/c38-36(39,40)26-17-27(37(41,42)43)19-28(18-26)44-35(47)45-31-11-5-6-12-32(31)46-20-24-15-13-22-7-1-3-9-29(22)33(24)34-25(21-46)16-14-23-8-2-4-10-30(23)34/h1-4,7-10,13-19,31-32H,5-6,11-12,20-21H2,(H2,44,45,47)/t31-,32-/m0/s1. The van der Waals surface area contributed by atoms with Crippen LogP contribution in [0.15, 0.2) is 91.0 Å². The van der Waals surface area contributed by atoms with Gasteiger partial charge in [-0.15, -0.1) is 0 Å².